The minimum Gasteiger partial charge on any atom is -0.508 e. The number of nitrogens with zero attached hydrogens (tertiary/aromatic N) is 1. The third kappa shape index (κ3) is 3.25. The van der Waals surface area contributed by atoms with Gasteiger partial charge in [0.1, 0.15) is 5.75 Å². The molecule has 0 unspecified atom stereocenters. The summed E-state index contributed by atoms with van der Waals surface area (Å²) >= 11 is 3.40. The first-order chi connectivity index (χ1) is 8.72. The summed E-state index contributed by atoms with van der Waals surface area (Å²) in [5.74, 6) is 0.404. The fourth-order valence-electron chi connectivity index (χ4n) is 2.60. The zero-order valence-electron chi connectivity index (χ0n) is 10.8. The molecule has 0 bridgehead atoms. The van der Waals surface area contributed by atoms with Crippen LogP contribution in [0.3, 0.4) is 0 Å². The molecule has 0 aliphatic carbocycles. The van der Waals surface area contributed by atoms with Gasteiger partial charge in [-0.2, -0.15) is 0 Å². The smallest absolute Gasteiger partial charge is 0.121 e. The van der Waals surface area contributed by atoms with Crippen LogP contribution in [0, 0.1) is 0 Å². The highest BCUT2D eigenvalue weighted by molar-refractivity contribution is 9.10. The Hall–Kier alpha value is -0.580. The van der Waals surface area contributed by atoms with E-state index in [-0.39, 0.29) is 0 Å². The summed E-state index contributed by atoms with van der Waals surface area (Å²) < 4.78 is 0.930. The van der Waals surface area contributed by atoms with Crippen LogP contribution in [0.1, 0.15) is 31.4 Å². The molecule has 1 heterocycles. The van der Waals surface area contributed by atoms with Gasteiger partial charge in [-0.3, -0.25) is 4.90 Å². The molecule has 1 aromatic rings. The number of phenols is 1. The fraction of sp³-hybridized carbons (Fsp3) is 0.571. The average Bonchev–Trinajstić information content (AvgIpc) is 2.38. The van der Waals surface area contributed by atoms with E-state index in [0.29, 0.717) is 11.8 Å². The maximum absolute atomic E-state index is 10.1. The molecule has 1 aliphatic heterocycles. The van der Waals surface area contributed by atoms with Crippen molar-refractivity contribution >= 4 is 15.9 Å². The number of piperazine rings is 1. The van der Waals surface area contributed by atoms with Crippen LogP contribution in [-0.4, -0.2) is 36.2 Å². The van der Waals surface area contributed by atoms with Gasteiger partial charge in [0, 0.05) is 42.3 Å². The van der Waals surface area contributed by atoms with E-state index in [1.165, 1.54) is 0 Å². The third-order valence-electron chi connectivity index (χ3n) is 3.51. The quantitative estimate of drug-likeness (QED) is 0.897. The van der Waals surface area contributed by atoms with Crippen LogP contribution in [0.4, 0.5) is 0 Å². The predicted octanol–water partition coefficient (Wildman–Crippen LogP) is 2.90. The van der Waals surface area contributed by atoms with Crippen molar-refractivity contribution in [3.8, 4) is 5.75 Å². The minimum atomic E-state index is 0.338. The molecular weight excluding hydrogens is 292 g/mol. The molecule has 2 rings (SSSR count). The molecule has 0 radical (unpaired) electrons. The van der Waals surface area contributed by atoms with Gasteiger partial charge in [-0.25, -0.2) is 0 Å². The highest BCUT2D eigenvalue weighted by Crippen LogP contribution is 2.34. The number of hydrogen-bond acceptors (Lipinski definition) is 3. The minimum absolute atomic E-state index is 0.338. The van der Waals surface area contributed by atoms with Gasteiger partial charge in [-0.15, -0.1) is 0 Å². The van der Waals surface area contributed by atoms with Gasteiger partial charge in [0.05, 0.1) is 0 Å². The normalized spacial score (nSPS) is 18.8. The maximum atomic E-state index is 10.1. The number of benzene rings is 1. The van der Waals surface area contributed by atoms with Crippen LogP contribution in [0.5, 0.6) is 5.75 Å². The van der Waals surface area contributed by atoms with Crippen molar-refractivity contribution in [1.29, 1.82) is 0 Å². The Kier molecular flexibility index (Phi) is 5.03. The Morgan fingerprint density at radius 1 is 1.39 bits per heavy atom. The van der Waals surface area contributed by atoms with E-state index in [2.05, 4.69) is 33.1 Å². The van der Waals surface area contributed by atoms with Crippen molar-refractivity contribution in [2.24, 2.45) is 0 Å². The lowest BCUT2D eigenvalue weighted by Gasteiger charge is -2.35. The molecule has 1 aliphatic rings. The molecular formula is C14H21BrN2O. The monoisotopic (exact) mass is 312 g/mol. The van der Waals surface area contributed by atoms with E-state index in [0.717, 1.165) is 49.1 Å². The Morgan fingerprint density at radius 3 is 2.72 bits per heavy atom. The summed E-state index contributed by atoms with van der Waals surface area (Å²) in [6, 6.07) is 6.19. The van der Waals surface area contributed by atoms with E-state index in [9.17, 15) is 5.11 Å². The molecule has 1 aromatic carbocycles. The molecule has 3 nitrogen and oxygen atoms in total. The predicted molar refractivity (Wildman–Crippen MR) is 77.9 cm³/mol. The van der Waals surface area contributed by atoms with Crippen molar-refractivity contribution in [1.82, 2.24) is 10.2 Å². The SMILES string of the molecule is CCC[C@@H](c1ccc(Br)cc1O)N1CCNCC1. The largest absolute Gasteiger partial charge is 0.508 e. The van der Waals surface area contributed by atoms with Crippen molar-refractivity contribution in [3.05, 3.63) is 28.2 Å². The Labute approximate surface area is 117 Å². The molecule has 4 heteroatoms. The van der Waals surface area contributed by atoms with Gasteiger partial charge in [0.15, 0.2) is 0 Å². The summed E-state index contributed by atoms with van der Waals surface area (Å²) in [7, 11) is 0. The van der Waals surface area contributed by atoms with E-state index in [1.54, 1.807) is 6.07 Å². The Bertz CT molecular complexity index is 391. The molecule has 0 saturated carbocycles. The maximum Gasteiger partial charge on any atom is 0.121 e. The zero-order chi connectivity index (χ0) is 13.0. The van der Waals surface area contributed by atoms with Crippen LogP contribution in [0.25, 0.3) is 0 Å². The van der Waals surface area contributed by atoms with E-state index < -0.39 is 0 Å². The number of aromatic hydroxyl groups is 1. The second kappa shape index (κ2) is 6.55. The van der Waals surface area contributed by atoms with Crippen molar-refractivity contribution < 1.29 is 5.11 Å². The second-order valence-corrected chi connectivity index (χ2v) is 5.71. The highest BCUT2D eigenvalue weighted by Gasteiger charge is 2.23. The third-order valence-corrected chi connectivity index (χ3v) is 4.00. The number of phenolic OH excluding ortho intramolecular Hbond substituents is 1. The van der Waals surface area contributed by atoms with E-state index >= 15 is 0 Å². The Balaban J connectivity index is 2.22. The molecule has 2 N–H and O–H groups in total. The van der Waals surface area contributed by atoms with Crippen LogP contribution in [-0.2, 0) is 0 Å². The number of halogens is 1. The molecule has 0 spiro atoms. The molecule has 0 aromatic heterocycles. The van der Waals surface area contributed by atoms with E-state index in [4.69, 9.17) is 0 Å². The highest BCUT2D eigenvalue weighted by atomic mass is 79.9. The molecule has 18 heavy (non-hydrogen) atoms. The summed E-state index contributed by atoms with van der Waals surface area (Å²) in [6.45, 7) is 6.39. The lowest BCUT2D eigenvalue weighted by Crippen LogP contribution is -2.45. The fourth-order valence-corrected chi connectivity index (χ4v) is 2.95. The number of rotatable bonds is 4. The van der Waals surface area contributed by atoms with Crippen molar-refractivity contribution in [2.45, 2.75) is 25.8 Å². The summed E-state index contributed by atoms with van der Waals surface area (Å²) in [6.07, 6.45) is 2.22. The number of nitrogens with one attached hydrogen (secondary N) is 1. The average molecular weight is 313 g/mol. The van der Waals surface area contributed by atoms with Crippen LogP contribution >= 0.6 is 15.9 Å². The standard InChI is InChI=1S/C14H21BrN2O/c1-2-3-13(17-8-6-16-7-9-17)12-5-4-11(15)10-14(12)18/h4-5,10,13,16,18H,2-3,6-9H2,1H3/t13-/m0/s1. The van der Waals surface area contributed by atoms with Gasteiger partial charge < -0.3 is 10.4 Å². The van der Waals surface area contributed by atoms with Gasteiger partial charge in [-0.05, 0) is 18.6 Å². The van der Waals surface area contributed by atoms with Crippen LogP contribution in [0.15, 0.2) is 22.7 Å². The van der Waals surface area contributed by atoms with Gasteiger partial charge >= 0.3 is 0 Å². The summed E-state index contributed by atoms with van der Waals surface area (Å²) in [4.78, 5) is 2.48. The first-order valence-corrected chi connectivity index (χ1v) is 7.45. The van der Waals surface area contributed by atoms with Gasteiger partial charge in [0.2, 0.25) is 0 Å². The van der Waals surface area contributed by atoms with E-state index in [1.807, 2.05) is 12.1 Å². The van der Waals surface area contributed by atoms with Crippen LogP contribution < -0.4 is 5.32 Å². The van der Waals surface area contributed by atoms with Crippen LogP contribution in [0.2, 0.25) is 0 Å². The topological polar surface area (TPSA) is 35.5 Å². The summed E-state index contributed by atoms with van der Waals surface area (Å²) in [5.41, 5.74) is 1.06. The first-order valence-electron chi connectivity index (χ1n) is 6.65. The first kappa shape index (κ1) is 13.8. The van der Waals surface area contributed by atoms with Crippen molar-refractivity contribution in [3.63, 3.8) is 0 Å². The zero-order valence-corrected chi connectivity index (χ0v) is 12.4. The molecule has 1 fully saturated rings. The Morgan fingerprint density at radius 2 is 2.11 bits per heavy atom. The molecule has 1 atom stereocenters. The summed E-state index contributed by atoms with van der Waals surface area (Å²) in [5, 5.41) is 13.5. The number of hydrogen-bond donors (Lipinski definition) is 2. The lowest BCUT2D eigenvalue weighted by molar-refractivity contribution is 0.162. The second-order valence-electron chi connectivity index (χ2n) is 4.79. The molecule has 0 amide bonds. The van der Waals surface area contributed by atoms with Crippen molar-refractivity contribution in [2.75, 3.05) is 26.2 Å². The lowest BCUT2D eigenvalue weighted by atomic mass is 9.99. The molecule has 100 valence electrons. The molecule has 1 saturated heterocycles. The van der Waals surface area contributed by atoms with Gasteiger partial charge in [0.25, 0.3) is 0 Å². The van der Waals surface area contributed by atoms with Gasteiger partial charge in [-0.1, -0.05) is 35.3 Å².